The standard InChI is InChI=1S/C14H15NO/c1-9(2)4-7-13-10(3)12-6-5-11(16)8-14(12)15-13/h4-8,15-16H,1H2,2-3H3. The first-order chi connectivity index (χ1) is 7.58. The van der Waals surface area contributed by atoms with Crippen molar-refractivity contribution in [1.29, 1.82) is 0 Å². The zero-order chi connectivity index (χ0) is 11.7. The maximum atomic E-state index is 9.40. The van der Waals surface area contributed by atoms with E-state index >= 15 is 0 Å². The van der Waals surface area contributed by atoms with Crippen LogP contribution < -0.4 is 0 Å². The van der Waals surface area contributed by atoms with Gasteiger partial charge in [-0.15, -0.1) is 0 Å². The maximum Gasteiger partial charge on any atom is 0.117 e. The lowest BCUT2D eigenvalue weighted by molar-refractivity contribution is 0.476. The van der Waals surface area contributed by atoms with Crippen LogP contribution in [-0.2, 0) is 0 Å². The van der Waals surface area contributed by atoms with Gasteiger partial charge in [0.15, 0.2) is 0 Å². The van der Waals surface area contributed by atoms with E-state index in [0.29, 0.717) is 0 Å². The van der Waals surface area contributed by atoms with Crippen LogP contribution in [0, 0.1) is 6.92 Å². The average molecular weight is 213 g/mol. The van der Waals surface area contributed by atoms with Crippen molar-refractivity contribution in [1.82, 2.24) is 4.98 Å². The van der Waals surface area contributed by atoms with Crippen molar-refractivity contribution in [3.05, 3.63) is 47.7 Å². The number of benzene rings is 1. The van der Waals surface area contributed by atoms with Crippen molar-refractivity contribution in [3.8, 4) is 5.75 Å². The lowest BCUT2D eigenvalue weighted by Crippen LogP contribution is -1.74. The summed E-state index contributed by atoms with van der Waals surface area (Å²) < 4.78 is 0. The van der Waals surface area contributed by atoms with Gasteiger partial charge in [-0.05, 0) is 37.6 Å². The molecule has 0 aliphatic carbocycles. The monoisotopic (exact) mass is 213 g/mol. The number of phenolic OH excluding ortho intramolecular Hbond substituents is 1. The summed E-state index contributed by atoms with van der Waals surface area (Å²) >= 11 is 0. The summed E-state index contributed by atoms with van der Waals surface area (Å²) in [6.45, 7) is 7.85. The van der Waals surface area contributed by atoms with Crippen molar-refractivity contribution in [3.63, 3.8) is 0 Å². The summed E-state index contributed by atoms with van der Waals surface area (Å²) in [6.07, 6.45) is 3.98. The van der Waals surface area contributed by atoms with E-state index in [9.17, 15) is 5.11 Å². The molecule has 0 aliphatic heterocycles. The fourth-order valence-corrected chi connectivity index (χ4v) is 1.74. The summed E-state index contributed by atoms with van der Waals surface area (Å²) in [5.41, 5.74) is 4.22. The second-order valence-electron chi connectivity index (χ2n) is 4.07. The second-order valence-corrected chi connectivity index (χ2v) is 4.07. The SMILES string of the molecule is C=C(C)C=Cc1[nH]c2cc(O)ccc2c1C. The molecule has 1 aromatic heterocycles. The number of fused-ring (bicyclic) bond motifs is 1. The Kier molecular flexibility index (Phi) is 2.57. The van der Waals surface area contributed by atoms with Crippen LogP contribution in [-0.4, -0.2) is 10.1 Å². The van der Waals surface area contributed by atoms with Gasteiger partial charge in [0.1, 0.15) is 5.75 Å². The Morgan fingerprint density at radius 2 is 2.19 bits per heavy atom. The Hall–Kier alpha value is -1.96. The molecule has 0 saturated carbocycles. The fourth-order valence-electron chi connectivity index (χ4n) is 1.74. The number of aromatic nitrogens is 1. The molecule has 16 heavy (non-hydrogen) atoms. The molecule has 0 spiro atoms. The summed E-state index contributed by atoms with van der Waals surface area (Å²) in [7, 11) is 0. The number of aryl methyl sites for hydroxylation is 1. The Labute approximate surface area is 94.9 Å². The first-order valence-electron chi connectivity index (χ1n) is 5.23. The van der Waals surface area contributed by atoms with E-state index in [1.807, 2.05) is 25.1 Å². The molecule has 0 atom stereocenters. The van der Waals surface area contributed by atoms with Gasteiger partial charge in [-0.1, -0.05) is 18.2 Å². The van der Waals surface area contributed by atoms with E-state index in [1.165, 1.54) is 5.56 Å². The van der Waals surface area contributed by atoms with Crippen LogP contribution in [0.2, 0.25) is 0 Å². The quantitative estimate of drug-likeness (QED) is 0.732. The molecular formula is C14H15NO. The Morgan fingerprint density at radius 3 is 2.88 bits per heavy atom. The maximum absolute atomic E-state index is 9.40. The summed E-state index contributed by atoms with van der Waals surface area (Å²) in [4.78, 5) is 3.27. The largest absolute Gasteiger partial charge is 0.508 e. The molecule has 2 nitrogen and oxygen atoms in total. The molecule has 0 saturated heterocycles. The van der Waals surface area contributed by atoms with E-state index in [2.05, 4.69) is 18.5 Å². The molecule has 1 aromatic carbocycles. The third-order valence-corrected chi connectivity index (χ3v) is 2.62. The highest BCUT2D eigenvalue weighted by molar-refractivity contribution is 5.88. The van der Waals surface area contributed by atoms with Gasteiger partial charge < -0.3 is 10.1 Å². The molecule has 1 heterocycles. The van der Waals surface area contributed by atoms with Gasteiger partial charge in [0, 0.05) is 22.7 Å². The highest BCUT2D eigenvalue weighted by atomic mass is 16.3. The van der Waals surface area contributed by atoms with Crippen LogP contribution in [0.4, 0.5) is 0 Å². The molecule has 2 N–H and O–H groups in total. The van der Waals surface area contributed by atoms with Crippen molar-refractivity contribution in [2.24, 2.45) is 0 Å². The molecule has 0 radical (unpaired) electrons. The van der Waals surface area contributed by atoms with E-state index in [0.717, 1.165) is 22.2 Å². The van der Waals surface area contributed by atoms with E-state index in [-0.39, 0.29) is 5.75 Å². The second kappa shape index (κ2) is 3.89. The third-order valence-electron chi connectivity index (χ3n) is 2.62. The molecule has 82 valence electrons. The molecular weight excluding hydrogens is 198 g/mol. The van der Waals surface area contributed by atoms with E-state index in [1.54, 1.807) is 12.1 Å². The molecule has 2 aromatic rings. The molecule has 0 bridgehead atoms. The predicted octanol–water partition coefficient (Wildman–Crippen LogP) is 3.77. The predicted molar refractivity (Wildman–Crippen MR) is 68.5 cm³/mol. The van der Waals surface area contributed by atoms with Crippen molar-refractivity contribution in [2.45, 2.75) is 13.8 Å². The van der Waals surface area contributed by atoms with Crippen LogP contribution in [0.5, 0.6) is 5.75 Å². The topological polar surface area (TPSA) is 36.0 Å². The van der Waals surface area contributed by atoms with Gasteiger partial charge in [-0.2, -0.15) is 0 Å². The highest BCUT2D eigenvalue weighted by Gasteiger charge is 2.05. The van der Waals surface area contributed by atoms with Crippen LogP contribution in [0.1, 0.15) is 18.2 Å². The number of nitrogens with one attached hydrogen (secondary N) is 1. The number of aromatic hydroxyl groups is 1. The van der Waals surface area contributed by atoms with Crippen molar-refractivity contribution >= 4 is 17.0 Å². The number of phenols is 1. The molecule has 0 amide bonds. The van der Waals surface area contributed by atoms with Gasteiger partial charge in [-0.3, -0.25) is 0 Å². The highest BCUT2D eigenvalue weighted by Crippen LogP contribution is 2.25. The molecule has 2 rings (SSSR count). The van der Waals surface area contributed by atoms with Gasteiger partial charge in [0.25, 0.3) is 0 Å². The average Bonchev–Trinajstić information content (AvgIpc) is 2.52. The lowest BCUT2D eigenvalue weighted by atomic mass is 10.1. The van der Waals surface area contributed by atoms with E-state index in [4.69, 9.17) is 0 Å². The van der Waals surface area contributed by atoms with Gasteiger partial charge >= 0.3 is 0 Å². The van der Waals surface area contributed by atoms with Crippen LogP contribution >= 0.6 is 0 Å². The normalized spacial score (nSPS) is 11.4. The van der Waals surface area contributed by atoms with Crippen LogP contribution in [0.15, 0.2) is 36.4 Å². The Bertz CT molecular complexity index is 576. The van der Waals surface area contributed by atoms with Gasteiger partial charge in [0.2, 0.25) is 0 Å². The zero-order valence-electron chi connectivity index (χ0n) is 9.54. The molecule has 0 aliphatic rings. The van der Waals surface area contributed by atoms with Crippen LogP contribution in [0.25, 0.3) is 17.0 Å². The third kappa shape index (κ3) is 1.87. The van der Waals surface area contributed by atoms with Crippen molar-refractivity contribution in [2.75, 3.05) is 0 Å². The van der Waals surface area contributed by atoms with Gasteiger partial charge in [-0.25, -0.2) is 0 Å². The number of rotatable bonds is 2. The number of hydrogen-bond donors (Lipinski definition) is 2. The first-order valence-corrected chi connectivity index (χ1v) is 5.23. The minimum atomic E-state index is 0.282. The van der Waals surface area contributed by atoms with E-state index < -0.39 is 0 Å². The Balaban J connectivity index is 2.55. The van der Waals surface area contributed by atoms with Gasteiger partial charge in [0.05, 0.1) is 0 Å². The minimum absolute atomic E-state index is 0.282. The van der Waals surface area contributed by atoms with Crippen LogP contribution in [0.3, 0.4) is 0 Å². The summed E-state index contributed by atoms with van der Waals surface area (Å²) in [5.74, 6) is 0.282. The summed E-state index contributed by atoms with van der Waals surface area (Å²) in [5, 5.41) is 10.5. The zero-order valence-corrected chi connectivity index (χ0v) is 9.54. The number of allylic oxidation sites excluding steroid dienone is 2. The Morgan fingerprint density at radius 1 is 1.44 bits per heavy atom. The number of aromatic amines is 1. The molecule has 2 heteroatoms. The smallest absolute Gasteiger partial charge is 0.117 e. The van der Waals surface area contributed by atoms with Crippen molar-refractivity contribution < 1.29 is 5.11 Å². The lowest BCUT2D eigenvalue weighted by Gasteiger charge is -1.92. The minimum Gasteiger partial charge on any atom is -0.508 e. The fraction of sp³-hybridized carbons (Fsp3) is 0.143. The number of hydrogen-bond acceptors (Lipinski definition) is 1. The molecule has 0 fully saturated rings. The first kappa shape index (κ1) is 10.6. The number of H-pyrrole nitrogens is 1. The summed E-state index contributed by atoms with van der Waals surface area (Å²) in [6, 6.07) is 5.37. The molecule has 0 unspecified atom stereocenters.